The number of hydrogen-bond acceptors (Lipinski definition) is 0. The van der Waals surface area contributed by atoms with E-state index in [1.807, 2.05) is 0 Å². The lowest BCUT2D eigenvalue weighted by Gasteiger charge is -2.28. The molecule has 2 rings (SSSR count). The van der Waals surface area contributed by atoms with Gasteiger partial charge < -0.3 is 0 Å². The van der Waals surface area contributed by atoms with Crippen molar-refractivity contribution in [1.82, 2.24) is 0 Å². The lowest BCUT2D eigenvalue weighted by atomic mass is 9.77. The molecule has 0 bridgehead atoms. The Balaban J connectivity index is 2.09. The highest BCUT2D eigenvalue weighted by Gasteiger charge is 2.23. The van der Waals surface area contributed by atoms with Crippen molar-refractivity contribution in [2.24, 2.45) is 5.92 Å². The molecule has 0 radical (unpaired) electrons. The minimum Gasteiger partial charge on any atom is -0.206 e. The molecule has 0 aliphatic heterocycles. The molecule has 19 heavy (non-hydrogen) atoms. The molecule has 0 saturated heterocycles. The van der Waals surface area contributed by atoms with Crippen LogP contribution in [0.2, 0.25) is 0 Å². The van der Waals surface area contributed by atoms with Crippen LogP contribution in [0.4, 0.5) is 8.78 Å². The zero-order valence-corrected chi connectivity index (χ0v) is 11.6. The van der Waals surface area contributed by atoms with Crippen molar-refractivity contribution in [2.75, 3.05) is 0 Å². The Bertz CT molecular complexity index is 420. The van der Waals surface area contributed by atoms with Gasteiger partial charge in [-0.15, -0.1) is 0 Å². The van der Waals surface area contributed by atoms with Gasteiger partial charge in [0.15, 0.2) is 0 Å². The van der Waals surface area contributed by atoms with Crippen LogP contribution in [0.15, 0.2) is 18.7 Å². The maximum atomic E-state index is 13.8. The van der Waals surface area contributed by atoms with Gasteiger partial charge in [-0.1, -0.05) is 32.4 Å². The first-order valence-electron chi connectivity index (χ1n) is 7.27. The predicted molar refractivity (Wildman–Crippen MR) is 76.1 cm³/mol. The average Bonchev–Trinajstić information content (AvgIpc) is 2.39. The molecule has 1 aromatic carbocycles. The zero-order chi connectivity index (χ0) is 13.8. The van der Waals surface area contributed by atoms with Crippen LogP contribution < -0.4 is 0 Å². The van der Waals surface area contributed by atoms with E-state index in [1.54, 1.807) is 0 Å². The van der Waals surface area contributed by atoms with Gasteiger partial charge in [0.1, 0.15) is 11.6 Å². The monoisotopic (exact) mass is 264 g/mol. The second-order valence-electron chi connectivity index (χ2n) is 5.61. The molecule has 0 nitrogen and oxygen atoms in total. The highest BCUT2D eigenvalue weighted by atomic mass is 19.1. The summed E-state index contributed by atoms with van der Waals surface area (Å²) in [6.07, 6.45) is 8.23. The van der Waals surface area contributed by atoms with Crippen molar-refractivity contribution in [3.8, 4) is 0 Å². The second-order valence-corrected chi connectivity index (χ2v) is 5.61. The van der Waals surface area contributed by atoms with Crippen LogP contribution in [0.5, 0.6) is 0 Å². The quantitative estimate of drug-likeness (QED) is 0.656. The van der Waals surface area contributed by atoms with Crippen molar-refractivity contribution in [1.29, 1.82) is 0 Å². The van der Waals surface area contributed by atoms with E-state index in [0.717, 1.165) is 24.3 Å². The molecular weight excluding hydrogens is 242 g/mol. The van der Waals surface area contributed by atoms with E-state index in [1.165, 1.54) is 43.9 Å². The van der Waals surface area contributed by atoms with Gasteiger partial charge in [0.05, 0.1) is 0 Å². The number of rotatable bonds is 4. The SMILES string of the molecule is C=Cc1c(F)cc([C@H]2CC[C@H](CCC)CC2)cc1F. The summed E-state index contributed by atoms with van der Waals surface area (Å²) in [5.74, 6) is 0.153. The Hall–Kier alpha value is -1.18. The van der Waals surface area contributed by atoms with Crippen LogP contribution in [0, 0.1) is 17.6 Å². The molecule has 1 saturated carbocycles. The van der Waals surface area contributed by atoms with Crippen molar-refractivity contribution >= 4 is 6.08 Å². The number of benzene rings is 1. The van der Waals surface area contributed by atoms with Crippen LogP contribution in [-0.2, 0) is 0 Å². The molecule has 1 aliphatic carbocycles. The summed E-state index contributed by atoms with van der Waals surface area (Å²) in [5, 5.41) is 0. The van der Waals surface area contributed by atoms with E-state index in [-0.39, 0.29) is 5.56 Å². The van der Waals surface area contributed by atoms with Crippen molar-refractivity contribution in [3.63, 3.8) is 0 Å². The maximum absolute atomic E-state index is 13.8. The summed E-state index contributed by atoms with van der Waals surface area (Å²) in [6.45, 7) is 5.66. The highest BCUT2D eigenvalue weighted by molar-refractivity contribution is 5.49. The Morgan fingerprint density at radius 1 is 1.16 bits per heavy atom. The fourth-order valence-corrected chi connectivity index (χ4v) is 3.23. The Morgan fingerprint density at radius 2 is 1.74 bits per heavy atom. The van der Waals surface area contributed by atoms with Gasteiger partial charge >= 0.3 is 0 Å². The molecule has 1 aromatic rings. The van der Waals surface area contributed by atoms with E-state index in [9.17, 15) is 8.78 Å². The predicted octanol–water partition coefficient (Wildman–Crippen LogP) is 5.68. The number of halogens is 2. The Morgan fingerprint density at radius 3 is 2.21 bits per heavy atom. The lowest BCUT2D eigenvalue weighted by Crippen LogP contribution is -2.13. The molecule has 0 atom stereocenters. The van der Waals surface area contributed by atoms with Crippen LogP contribution >= 0.6 is 0 Å². The highest BCUT2D eigenvalue weighted by Crippen LogP contribution is 2.38. The third-order valence-electron chi connectivity index (χ3n) is 4.32. The van der Waals surface area contributed by atoms with Crippen molar-refractivity contribution in [3.05, 3.63) is 41.5 Å². The lowest BCUT2D eigenvalue weighted by molar-refractivity contribution is 0.307. The van der Waals surface area contributed by atoms with Gasteiger partial charge in [0.2, 0.25) is 0 Å². The fraction of sp³-hybridized carbons (Fsp3) is 0.529. The van der Waals surface area contributed by atoms with Crippen LogP contribution in [0.25, 0.3) is 6.08 Å². The maximum Gasteiger partial charge on any atom is 0.133 e. The van der Waals surface area contributed by atoms with E-state index < -0.39 is 11.6 Å². The normalized spacial score (nSPS) is 23.3. The second kappa shape index (κ2) is 6.31. The fourth-order valence-electron chi connectivity index (χ4n) is 3.23. The molecule has 1 fully saturated rings. The summed E-state index contributed by atoms with van der Waals surface area (Å²) in [4.78, 5) is 0. The molecule has 0 spiro atoms. The Labute approximate surface area is 114 Å². The third-order valence-corrected chi connectivity index (χ3v) is 4.32. The first kappa shape index (κ1) is 14.2. The minimum absolute atomic E-state index is 0.0107. The van der Waals surface area contributed by atoms with E-state index in [0.29, 0.717) is 5.92 Å². The topological polar surface area (TPSA) is 0 Å². The first-order chi connectivity index (χ1) is 9.15. The van der Waals surface area contributed by atoms with Crippen LogP contribution in [0.1, 0.15) is 62.5 Å². The van der Waals surface area contributed by atoms with Crippen LogP contribution in [0.3, 0.4) is 0 Å². The summed E-state index contributed by atoms with van der Waals surface area (Å²) in [5.41, 5.74) is 0.805. The molecule has 2 heteroatoms. The van der Waals surface area contributed by atoms with E-state index in [2.05, 4.69) is 13.5 Å². The smallest absolute Gasteiger partial charge is 0.133 e. The molecular formula is C17H22F2. The molecule has 1 aliphatic rings. The summed E-state index contributed by atoms with van der Waals surface area (Å²) in [6, 6.07) is 2.98. The van der Waals surface area contributed by atoms with Crippen molar-refractivity contribution in [2.45, 2.75) is 51.4 Å². The van der Waals surface area contributed by atoms with Gasteiger partial charge in [-0.05, 0) is 55.2 Å². The molecule has 0 aromatic heterocycles. The van der Waals surface area contributed by atoms with Gasteiger partial charge in [0.25, 0.3) is 0 Å². The standard InChI is InChI=1S/C17H22F2/c1-3-5-12-6-8-13(9-7-12)14-10-16(18)15(4-2)17(19)11-14/h4,10-13H,2-3,5-9H2,1H3/t12-,13-. The molecule has 0 unspecified atom stereocenters. The molecule has 0 N–H and O–H groups in total. The van der Waals surface area contributed by atoms with E-state index >= 15 is 0 Å². The first-order valence-corrected chi connectivity index (χ1v) is 7.27. The minimum atomic E-state index is -0.485. The van der Waals surface area contributed by atoms with E-state index in [4.69, 9.17) is 0 Å². The molecule has 104 valence electrons. The third kappa shape index (κ3) is 3.23. The van der Waals surface area contributed by atoms with Crippen LogP contribution in [-0.4, -0.2) is 0 Å². The zero-order valence-electron chi connectivity index (χ0n) is 11.6. The van der Waals surface area contributed by atoms with Gasteiger partial charge in [-0.2, -0.15) is 0 Å². The number of hydrogen-bond donors (Lipinski definition) is 0. The molecule has 0 amide bonds. The van der Waals surface area contributed by atoms with Crippen molar-refractivity contribution < 1.29 is 8.78 Å². The van der Waals surface area contributed by atoms with Gasteiger partial charge in [0, 0.05) is 5.56 Å². The van der Waals surface area contributed by atoms with Gasteiger partial charge in [-0.25, -0.2) is 8.78 Å². The van der Waals surface area contributed by atoms with Gasteiger partial charge in [-0.3, -0.25) is 0 Å². The Kier molecular flexibility index (Phi) is 4.73. The summed E-state index contributed by atoms with van der Waals surface area (Å²) < 4.78 is 27.5. The summed E-state index contributed by atoms with van der Waals surface area (Å²) >= 11 is 0. The largest absolute Gasteiger partial charge is 0.206 e. The molecule has 0 heterocycles. The average molecular weight is 264 g/mol. The summed E-state index contributed by atoms with van der Waals surface area (Å²) in [7, 11) is 0.